The number of aliphatic imine (C=N–C) groups is 1. The molecular formula is C29H24N4O3. The lowest BCUT2D eigenvalue weighted by molar-refractivity contribution is 0.267. The summed E-state index contributed by atoms with van der Waals surface area (Å²) in [6.07, 6.45) is 1.83. The summed E-state index contributed by atoms with van der Waals surface area (Å²) in [5.41, 5.74) is 5.04. The second-order valence-corrected chi connectivity index (χ2v) is 8.54. The highest BCUT2D eigenvalue weighted by molar-refractivity contribution is 5.97. The van der Waals surface area contributed by atoms with E-state index in [0.29, 0.717) is 43.8 Å². The summed E-state index contributed by atoms with van der Waals surface area (Å²) >= 11 is 0. The first-order valence-corrected chi connectivity index (χ1v) is 11.9. The van der Waals surface area contributed by atoms with Gasteiger partial charge in [-0.3, -0.25) is 14.1 Å². The lowest BCUT2D eigenvalue weighted by Crippen LogP contribution is -2.24. The Bertz CT molecular complexity index is 1600. The van der Waals surface area contributed by atoms with Crippen LogP contribution in [0.4, 0.5) is 0 Å². The number of rotatable bonds is 7. The molecule has 36 heavy (non-hydrogen) atoms. The van der Waals surface area contributed by atoms with E-state index in [1.54, 1.807) is 15.2 Å². The van der Waals surface area contributed by atoms with E-state index in [0.717, 1.165) is 27.7 Å². The van der Waals surface area contributed by atoms with Gasteiger partial charge in [0.15, 0.2) is 0 Å². The van der Waals surface area contributed by atoms with Crippen LogP contribution in [0.5, 0.6) is 11.8 Å². The van der Waals surface area contributed by atoms with Crippen LogP contribution in [0.3, 0.4) is 0 Å². The van der Waals surface area contributed by atoms with E-state index in [9.17, 15) is 4.79 Å². The molecule has 5 aromatic rings. The maximum Gasteiger partial charge on any atom is 0.333 e. The fourth-order valence-corrected chi connectivity index (χ4v) is 4.44. The minimum Gasteiger partial charge on any atom is -0.473 e. The first-order valence-electron chi connectivity index (χ1n) is 11.9. The molecule has 2 aromatic heterocycles. The van der Waals surface area contributed by atoms with Crippen molar-refractivity contribution in [1.82, 2.24) is 14.1 Å². The summed E-state index contributed by atoms with van der Waals surface area (Å²) in [7, 11) is 0. The lowest BCUT2D eigenvalue weighted by atomic mass is 10.2. The number of pyridine rings is 1. The maximum absolute atomic E-state index is 13.6. The molecule has 0 aliphatic carbocycles. The number of hydrogen-bond donors (Lipinski definition) is 0. The molecule has 0 atom stereocenters. The quantitative estimate of drug-likeness (QED) is 0.339. The molecule has 0 spiro atoms. The summed E-state index contributed by atoms with van der Waals surface area (Å²) < 4.78 is 15.6. The third-order valence-corrected chi connectivity index (χ3v) is 6.17. The van der Waals surface area contributed by atoms with Crippen molar-refractivity contribution >= 4 is 17.2 Å². The predicted octanol–water partition coefficient (Wildman–Crippen LogP) is 4.78. The fraction of sp³-hybridized carbons (Fsp3) is 0.138. The van der Waals surface area contributed by atoms with Crippen LogP contribution in [-0.2, 0) is 19.8 Å². The first-order chi connectivity index (χ1) is 17.8. The Balaban J connectivity index is 1.43. The van der Waals surface area contributed by atoms with Gasteiger partial charge in [0.2, 0.25) is 11.8 Å². The van der Waals surface area contributed by atoms with Gasteiger partial charge in [0.25, 0.3) is 0 Å². The number of hydrogen-bond acceptors (Lipinski definition) is 5. The van der Waals surface area contributed by atoms with Gasteiger partial charge in [0.1, 0.15) is 18.9 Å². The summed E-state index contributed by atoms with van der Waals surface area (Å²) in [4.78, 5) is 22.7. The smallest absolute Gasteiger partial charge is 0.333 e. The molecule has 7 heteroatoms. The van der Waals surface area contributed by atoms with Crippen molar-refractivity contribution < 1.29 is 9.47 Å². The van der Waals surface area contributed by atoms with Gasteiger partial charge < -0.3 is 9.47 Å². The predicted molar refractivity (Wildman–Crippen MR) is 139 cm³/mol. The zero-order valence-electron chi connectivity index (χ0n) is 19.6. The standard InChI is InChI=1S/C29H24N4O3/c34-29-32-17-16-30-18-23-12-7-13-24(27(23)32)33(29)25-14-15-26(35-19-21-8-3-1-4-9-21)31-28(25)36-20-22-10-5-2-6-11-22/h1-15,18H,16-17,19-20H2. The summed E-state index contributed by atoms with van der Waals surface area (Å²) in [6, 6.07) is 29.3. The molecule has 0 bridgehead atoms. The van der Waals surface area contributed by atoms with Crippen molar-refractivity contribution in [2.45, 2.75) is 19.8 Å². The van der Waals surface area contributed by atoms with Crippen molar-refractivity contribution in [3.05, 3.63) is 118 Å². The van der Waals surface area contributed by atoms with Gasteiger partial charge >= 0.3 is 5.69 Å². The summed E-state index contributed by atoms with van der Waals surface area (Å²) in [5, 5.41) is 0. The second-order valence-electron chi connectivity index (χ2n) is 8.54. The van der Waals surface area contributed by atoms with Gasteiger partial charge in [0.05, 0.1) is 17.6 Å². The molecule has 3 heterocycles. The molecule has 0 fully saturated rings. The second kappa shape index (κ2) is 9.54. The number of benzene rings is 3. The van der Waals surface area contributed by atoms with Gasteiger partial charge in [-0.05, 0) is 23.3 Å². The van der Waals surface area contributed by atoms with Gasteiger partial charge in [-0.15, -0.1) is 0 Å². The van der Waals surface area contributed by atoms with Crippen molar-refractivity contribution in [3.8, 4) is 17.4 Å². The maximum atomic E-state index is 13.6. The minimum atomic E-state index is -0.146. The molecule has 0 N–H and O–H groups in total. The van der Waals surface area contributed by atoms with E-state index in [2.05, 4.69) is 9.98 Å². The monoisotopic (exact) mass is 476 g/mol. The first kappa shape index (κ1) is 21.9. The largest absolute Gasteiger partial charge is 0.473 e. The molecule has 0 unspecified atom stereocenters. The van der Waals surface area contributed by atoms with E-state index >= 15 is 0 Å². The average Bonchev–Trinajstić information content (AvgIpc) is 3.06. The van der Waals surface area contributed by atoms with Gasteiger partial charge in [-0.2, -0.15) is 4.98 Å². The van der Waals surface area contributed by atoms with Crippen LogP contribution >= 0.6 is 0 Å². The normalized spacial score (nSPS) is 12.4. The highest BCUT2D eigenvalue weighted by Crippen LogP contribution is 2.29. The number of nitrogens with zero attached hydrogens (tertiary/aromatic N) is 4. The molecule has 1 aliphatic heterocycles. The fourth-order valence-electron chi connectivity index (χ4n) is 4.44. The Labute approximate surface area is 207 Å². The van der Waals surface area contributed by atoms with Crippen LogP contribution in [0.1, 0.15) is 16.7 Å². The highest BCUT2D eigenvalue weighted by atomic mass is 16.5. The highest BCUT2D eigenvalue weighted by Gasteiger charge is 2.21. The molecule has 0 radical (unpaired) electrons. The van der Waals surface area contributed by atoms with Crippen molar-refractivity contribution in [1.29, 1.82) is 0 Å². The van der Waals surface area contributed by atoms with E-state index in [1.807, 2.05) is 91.1 Å². The molecular weight excluding hydrogens is 452 g/mol. The molecule has 6 rings (SSSR count). The van der Waals surface area contributed by atoms with Crippen molar-refractivity contribution in [2.75, 3.05) is 6.54 Å². The Morgan fingerprint density at radius 2 is 1.50 bits per heavy atom. The Morgan fingerprint density at radius 3 is 2.25 bits per heavy atom. The van der Waals surface area contributed by atoms with Crippen LogP contribution in [0.25, 0.3) is 16.7 Å². The molecule has 7 nitrogen and oxygen atoms in total. The number of aromatic nitrogens is 3. The van der Waals surface area contributed by atoms with E-state index < -0.39 is 0 Å². The van der Waals surface area contributed by atoms with Crippen LogP contribution in [0.2, 0.25) is 0 Å². The van der Waals surface area contributed by atoms with Crippen LogP contribution in [0, 0.1) is 0 Å². The van der Waals surface area contributed by atoms with Crippen LogP contribution in [-0.4, -0.2) is 26.9 Å². The Morgan fingerprint density at radius 1 is 0.778 bits per heavy atom. The van der Waals surface area contributed by atoms with Crippen LogP contribution < -0.4 is 15.2 Å². The number of ether oxygens (including phenoxy) is 2. The van der Waals surface area contributed by atoms with Gasteiger partial charge in [-0.25, -0.2) is 4.79 Å². The Hall–Kier alpha value is -4.65. The minimum absolute atomic E-state index is 0.146. The van der Waals surface area contributed by atoms with Gasteiger partial charge in [-0.1, -0.05) is 72.8 Å². The zero-order valence-corrected chi connectivity index (χ0v) is 19.6. The summed E-state index contributed by atoms with van der Waals surface area (Å²) in [6.45, 7) is 1.76. The topological polar surface area (TPSA) is 70.6 Å². The average molecular weight is 477 g/mol. The third-order valence-electron chi connectivity index (χ3n) is 6.17. The molecule has 3 aromatic carbocycles. The van der Waals surface area contributed by atoms with Gasteiger partial charge in [0, 0.05) is 24.4 Å². The van der Waals surface area contributed by atoms with Crippen molar-refractivity contribution in [2.24, 2.45) is 4.99 Å². The number of para-hydroxylation sites is 1. The third kappa shape index (κ3) is 4.15. The molecule has 0 saturated carbocycles. The molecule has 178 valence electrons. The zero-order chi connectivity index (χ0) is 24.3. The van der Waals surface area contributed by atoms with E-state index in [1.165, 1.54) is 0 Å². The SMILES string of the molecule is O=c1n2c3c(cccc3n1-c1ccc(OCc3ccccc3)nc1OCc1ccccc1)C=NCC2. The molecule has 0 saturated heterocycles. The van der Waals surface area contributed by atoms with Crippen molar-refractivity contribution in [3.63, 3.8) is 0 Å². The summed E-state index contributed by atoms with van der Waals surface area (Å²) in [5.74, 6) is 0.762. The van der Waals surface area contributed by atoms with E-state index in [-0.39, 0.29) is 5.69 Å². The Kier molecular flexibility index (Phi) is 5.79. The molecule has 0 amide bonds. The van der Waals surface area contributed by atoms with E-state index in [4.69, 9.17) is 9.47 Å². The number of imidazole rings is 1. The van der Waals surface area contributed by atoms with Crippen LogP contribution in [0.15, 0.2) is 101 Å². The lowest BCUT2D eigenvalue weighted by Gasteiger charge is -2.14. The molecule has 1 aliphatic rings.